The van der Waals surface area contributed by atoms with Gasteiger partial charge >= 0.3 is 5.97 Å². The highest BCUT2D eigenvalue weighted by Gasteiger charge is 2.40. The highest BCUT2D eigenvalue weighted by Crippen LogP contribution is 2.37. The van der Waals surface area contributed by atoms with Crippen LogP contribution in [0, 0.1) is 11.3 Å². The molecule has 2 N–H and O–H groups in total. The smallest absolute Gasteiger partial charge is 0.308 e. The lowest BCUT2D eigenvalue weighted by atomic mass is 9.74. The van der Waals surface area contributed by atoms with Crippen molar-refractivity contribution in [1.82, 2.24) is 4.90 Å². The topological polar surface area (TPSA) is 77.8 Å². The summed E-state index contributed by atoms with van der Waals surface area (Å²) < 4.78 is 0. The predicted octanol–water partition coefficient (Wildman–Crippen LogP) is 0.862. The Hall–Kier alpha value is -1.10. The molecule has 1 aliphatic heterocycles. The van der Waals surface area contributed by atoms with E-state index in [0.717, 1.165) is 25.7 Å². The van der Waals surface area contributed by atoms with Crippen LogP contribution >= 0.6 is 0 Å². The number of carboxylic acids is 1. The largest absolute Gasteiger partial charge is 0.481 e. The number of rotatable bonds is 4. The Morgan fingerprint density at radius 2 is 2.00 bits per heavy atom. The molecule has 5 heteroatoms. The summed E-state index contributed by atoms with van der Waals surface area (Å²) in [5.74, 6) is -1.55. The number of carbonyl (C=O) groups is 2. The van der Waals surface area contributed by atoms with Gasteiger partial charge in [0.2, 0.25) is 5.91 Å². The Kier molecular flexibility index (Phi) is 3.90. The third-order valence-electron chi connectivity index (χ3n) is 4.34. The highest BCUT2D eigenvalue weighted by molar-refractivity contribution is 5.86. The SMILES string of the molecule is O=C(O)C1CC(=O)N(CC2(CO)CCCCC2)C1. The minimum absolute atomic E-state index is 0.0826. The number of aliphatic carboxylic acids is 1. The first-order valence-corrected chi connectivity index (χ1v) is 6.68. The lowest BCUT2D eigenvalue weighted by Gasteiger charge is -2.38. The Bertz CT molecular complexity index is 336. The molecule has 0 radical (unpaired) electrons. The van der Waals surface area contributed by atoms with Gasteiger partial charge in [-0.1, -0.05) is 19.3 Å². The third kappa shape index (κ3) is 2.66. The van der Waals surface area contributed by atoms with Crippen LogP contribution in [-0.4, -0.2) is 46.7 Å². The lowest BCUT2D eigenvalue weighted by molar-refractivity contribution is -0.141. The number of amides is 1. The molecule has 102 valence electrons. The molecule has 2 rings (SSSR count). The molecule has 1 heterocycles. The Balaban J connectivity index is 1.99. The van der Waals surface area contributed by atoms with Crippen LogP contribution in [0.3, 0.4) is 0 Å². The minimum Gasteiger partial charge on any atom is -0.481 e. The zero-order chi connectivity index (χ0) is 13.2. The molecule has 2 fully saturated rings. The number of aliphatic hydroxyl groups excluding tert-OH is 1. The van der Waals surface area contributed by atoms with Crippen molar-refractivity contribution in [3.05, 3.63) is 0 Å². The van der Waals surface area contributed by atoms with Gasteiger partial charge in [0, 0.05) is 24.9 Å². The molecule has 0 aromatic heterocycles. The molecule has 0 bridgehead atoms. The van der Waals surface area contributed by atoms with E-state index in [4.69, 9.17) is 5.11 Å². The number of carbonyl (C=O) groups excluding carboxylic acids is 1. The molecule has 1 atom stereocenters. The number of hydrogen-bond donors (Lipinski definition) is 2. The van der Waals surface area contributed by atoms with Crippen LogP contribution in [0.5, 0.6) is 0 Å². The van der Waals surface area contributed by atoms with Crippen LogP contribution in [0.15, 0.2) is 0 Å². The van der Waals surface area contributed by atoms with Crippen molar-refractivity contribution < 1.29 is 19.8 Å². The molecule has 5 nitrogen and oxygen atoms in total. The van der Waals surface area contributed by atoms with Crippen molar-refractivity contribution in [2.75, 3.05) is 19.7 Å². The molecular weight excluding hydrogens is 234 g/mol. The average molecular weight is 255 g/mol. The molecular formula is C13H21NO4. The zero-order valence-electron chi connectivity index (χ0n) is 10.6. The van der Waals surface area contributed by atoms with Crippen LogP contribution in [-0.2, 0) is 9.59 Å². The molecule has 0 aromatic carbocycles. The zero-order valence-corrected chi connectivity index (χ0v) is 10.6. The minimum atomic E-state index is -0.896. The molecule has 1 saturated heterocycles. The van der Waals surface area contributed by atoms with Crippen molar-refractivity contribution in [3.8, 4) is 0 Å². The maximum atomic E-state index is 11.8. The van der Waals surface area contributed by atoms with Gasteiger partial charge in [0.15, 0.2) is 0 Å². The van der Waals surface area contributed by atoms with E-state index in [1.165, 1.54) is 6.42 Å². The van der Waals surface area contributed by atoms with Crippen LogP contribution in [0.1, 0.15) is 38.5 Å². The second kappa shape index (κ2) is 5.26. The molecule has 1 amide bonds. The standard InChI is InChI=1S/C13H21NO4/c15-9-13(4-2-1-3-5-13)8-14-7-10(12(17)18)6-11(14)16/h10,15H,1-9H2,(H,17,18). The van der Waals surface area contributed by atoms with E-state index in [-0.39, 0.29) is 24.3 Å². The third-order valence-corrected chi connectivity index (χ3v) is 4.34. The van der Waals surface area contributed by atoms with Crippen LogP contribution in [0.2, 0.25) is 0 Å². The van der Waals surface area contributed by atoms with Gasteiger partial charge in [-0.2, -0.15) is 0 Å². The van der Waals surface area contributed by atoms with Crippen molar-refractivity contribution in [3.63, 3.8) is 0 Å². The Morgan fingerprint density at radius 3 is 2.50 bits per heavy atom. The first-order valence-electron chi connectivity index (χ1n) is 6.68. The van der Waals surface area contributed by atoms with E-state index in [0.29, 0.717) is 13.1 Å². The van der Waals surface area contributed by atoms with Gasteiger partial charge in [-0.3, -0.25) is 9.59 Å². The second-order valence-corrected chi connectivity index (χ2v) is 5.73. The number of nitrogens with zero attached hydrogens (tertiary/aromatic N) is 1. The quantitative estimate of drug-likeness (QED) is 0.781. The molecule has 0 aromatic rings. The van der Waals surface area contributed by atoms with Gasteiger partial charge in [0.1, 0.15) is 0 Å². The van der Waals surface area contributed by atoms with Gasteiger partial charge < -0.3 is 15.1 Å². The van der Waals surface area contributed by atoms with Crippen LogP contribution < -0.4 is 0 Å². The average Bonchev–Trinajstić information content (AvgIpc) is 2.72. The Morgan fingerprint density at radius 1 is 1.33 bits per heavy atom. The van der Waals surface area contributed by atoms with E-state index in [2.05, 4.69) is 0 Å². The van der Waals surface area contributed by atoms with E-state index in [1.807, 2.05) is 0 Å². The van der Waals surface area contributed by atoms with E-state index < -0.39 is 11.9 Å². The monoisotopic (exact) mass is 255 g/mol. The molecule has 1 saturated carbocycles. The van der Waals surface area contributed by atoms with Gasteiger partial charge in [0.25, 0.3) is 0 Å². The molecule has 18 heavy (non-hydrogen) atoms. The van der Waals surface area contributed by atoms with Crippen molar-refractivity contribution in [2.45, 2.75) is 38.5 Å². The van der Waals surface area contributed by atoms with E-state index in [1.54, 1.807) is 4.90 Å². The van der Waals surface area contributed by atoms with Crippen molar-refractivity contribution in [2.24, 2.45) is 11.3 Å². The second-order valence-electron chi connectivity index (χ2n) is 5.73. The van der Waals surface area contributed by atoms with Crippen LogP contribution in [0.4, 0.5) is 0 Å². The normalized spacial score (nSPS) is 27.5. The molecule has 1 unspecified atom stereocenters. The summed E-state index contributed by atoms with van der Waals surface area (Å²) >= 11 is 0. The maximum absolute atomic E-state index is 11.8. The van der Waals surface area contributed by atoms with Crippen molar-refractivity contribution >= 4 is 11.9 Å². The number of likely N-dealkylation sites (tertiary alicyclic amines) is 1. The summed E-state index contributed by atoms with van der Waals surface area (Å²) in [5, 5.41) is 18.6. The van der Waals surface area contributed by atoms with Crippen molar-refractivity contribution in [1.29, 1.82) is 0 Å². The fraction of sp³-hybridized carbons (Fsp3) is 0.846. The molecule has 0 spiro atoms. The fourth-order valence-electron chi connectivity index (χ4n) is 3.16. The number of hydrogen-bond acceptors (Lipinski definition) is 3. The maximum Gasteiger partial charge on any atom is 0.308 e. The summed E-state index contributed by atoms with van der Waals surface area (Å²) in [6, 6.07) is 0. The predicted molar refractivity (Wildman–Crippen MR) is 64.9 cm³/mol. The van der Waals surface area contributed by atoms with Gasteiger partial charge in [0.05, 0.1) is 12.5 Å². The van der Waals surface area contributed by atoms with Gasteiger partial charge in [-0.25, -0.2) is 0 Å². The summed E-state index contributed by atoms with van der Waals surface area (Å²) in [5.41, 5.74) is -0.193. The lowest BCUT2D eigenvalue weighted by Crippen LogP contribution is -2.42. The number of carboxylic acid groups (broad SMARTS) is 1. The Labute approximate surface area is 107 Å². The van der Waals surface area contributed by atoms with Gasteiger partial charge in [-0.15, -0.1) is 0 Å². The van der Waals surface area contributed by atoms with E-state index in [9.17, 15) is 14.7 Å². The fourth-order valence-corrected chi connectivity index (χ4v) is 3.16. The van der Waals surface area contributed by atoms with Crippen LogP contribution in [0.25, 0.3) is 0 Å². The van der Waals surface area contributed by atoms with Gasteiger partial charge in [-0.05, 0) is 12.8 Å². The first-order chi connectivity index (χ1) is 8.56. The molecule has 2 aliphatic rings. The summed E-state index contributed by atoms with van der Waals surface area (Å²) in [7, 11) is 0. The summed E-state index contributed by atoms with van der Waals surface area (Å²) in [6.07, 6.45) is 5.34. The number of aliphatic hydroxyl groups is 1. The highest BCUT2D eigenvalue weighted by atomic mass is 16.4. The summed E-state index contributed by atoms with van der Waals surface area (Å²) in [6.45, 7) is 0.913. The summed E-state index contributed by atoms with van der Waals surface area (Å²) in [4.78, 5) is 24.3. The van der Waals surface area contributed by atoms with E-state index >= 15 is 0 Å². The molecule has 1 aliphatic carbocycles. The first kappa shape index (κ1) is 13.3.